The maximum Gasteiger partial charge on any atom is 0.261 e. The third kappa shape index (κ3) is 4.66. The molecule has 0 amide bonds. The summed E-state index contributed by atoms with van der Waals surface area (Å²) in [6, 6.07) is 12.2. The van der Waals surface area contributed by atoms with Crippen molar-refractivity contribution in [2.24, 2.45) is 0 Å². The maximum atomic E-state index is 12.6. The number of hydrogen-bond acceptors (Lipinski definition) is 4. The van der Waals surface area contributed by atoms with Crippen molar-refractivity contribution in [3.63, 3.8) is 0 Å². The summed E-state index contributed by atoms with van der Waals surface area (Å²) in [5, 5.41) is 0. The number of rotatable bonds is 8. The molecule has 0 heterocycles. The first-order valence-corrected chi connectivity index (χ1v) is 10.0. The van der Waals surface area contributed by atoms with Gasteiger partial charge in [0.15, 0.2) is 0 Å². The minimum Gasteiger partial charge on any atom is -0.494 e. The Morgan fingerprint density at radius 2 is 1.64 bits per heavy atom. The van der Waals surface area contributed by atoms with Crippen molar-refractivity contribution in [1.29, 1.82) is 0 Å². The molecule has 1 N–H and O–H groups in total. The number of nitrogens with zero attached hydrogens (tertiary/aromatic N) is 1. The van der Waals surface area contributed by atoms with Crippen LogP contribution in [-0.2, 0) is 10.0 Å². The second kappa shape index (κ2) is 8.25. The zero-order valence-corrected chi connectivity index (χ0v) is 16.1. The van der Waals surface area contributed by atoms with Gasteiger partial charge in [0.05, 0.1) is 17.2 Å². The molecule has 0 saturated carbocycles. The van der Waals surface area contributed by atoms with Crippen LogP contribution in [0.3, 0.4) is 0 Å². The van der Waals surface area contributed by atoms with Gasteiger partial charge in [-0.2, -0.15) is 0 Å². The van der Waals surface area contributed by atoms with Crippen molar-refractivity contribution in [2.45, 2.75) is 32.6 Å². The minimum absolute atomic E-state index is 0.211. The molecule has 0 saturated heterocycles. The molecule has 0 aliphatic heterocycles. The maximum absolute atomic E-state index is 12.6. The highest BCUT2D eigenvalue weighted by Crippen LogP contribution is 2.25. The van der Waals surface area contributed by atoms with Gasteiger partial charge in [-0.15, -0.1) is 0 Å². The Morgan fingerprint density at radius 1 is 1.00 bits per heavy atom. The molecule has 2 rings (SSSR count). The van der Waals surface area contributed by atoms with E-state index < -0.39 is 10.0 Å². The molecule has 0 aliphatic carbocycles. The predicted octanol–water partition coefficient (Wildman–Crippen LogP) is 4.04. The quantitative estimate of drug-likeness (QED) is 0.770. The fourth-order valence-electron chi connectivity index (χ4n) is 2.63. The molecular formula is C19H26N2O3S. The topological polar surface area (TPSA) is 58.6 Å². The largest absolute Gasteiger partial charge is 0.494 e. The van der Waals surface area contributed by atoms with Crippen LogP contribution in [-0.4, -0.2) is 28.1 Å². The molecule has 0 bridgehead atoms. The van der Waals surface area contributed by atoms with Crippen molar-refractivity contribution in [2.75, 3.05) is 29.3 Å². The van der Waals surface area contributed by atoms with Gasteiger partial charge >= 0.3 is 0 Å². The van der Waals surface area contributed by atoms with E-state index in [0.29, 0.717) is 18.0 Å². The van der Waals surface area contributed by atoms with Gasteiger partial charge in [0.2, 0.25) is 0 Å². The number of hydrogen-bond donors (Lipinski definition) is 1. The Balaban J connectivity index is 2.22. The van der Waals surface area contributed by atoms with Gasteiger partial charge in [0.1, 0.15) is 5.75 Å². The van der Waals surface area contributed by atoms with E-state index in [1.807, 2.05) is 32.0 Å². The third-order valence-corrected chi connectivity index (χ3v) is 5.41. The summed E-state index contributed by atoms with van der Waals surface area (Å²) < 4.78 is 33.2. The SMILES string of the molecule is CCOc1ccc(S(=O)(=O)Nc2ccc(N(CC)CC)cc2C)cc1. The van der Waals surface area contributed by atoms with E-state index in [1.54, 1.807) is 24.3 Å². The fourth-order valence-corrected chi connectivity index (χ4v) is 3.76. The van der Waals surface area contributed by atoms with Crippen molar-refractivity contribution in [3.8, 4) is 5.75 Å². The number of benzene rings is 2. The standard InChI is InChI=1S/C19H26N2O3S/c1-5-21(6-2)16-8-13-19(15(4)14-16)20-25(22,23)18-11-9-17(10-12-18)24-7-3/h8-14,20H,5-7H2,1-4H3. The lowest BCUT2D eigenvalue weighted by atomic mass is 10.1. The number of ether oxygens (including phenoxy) is 1. The van der Waals surface area contributed by atoms with Gasteiger partial charge in [-0.05, 0) is 75.7 Å². The van der Waals surface area contributed by atoms with Crippen LogP contribution >= 0.6 is 0 Å². The summed E-state index contributed by atoms with van der Waals surface area (Å²) in [7, 11) is -3.63. The van der Waals surface area contributed by atoms with Gasteiger partial charge in [-0.3, -0.25) is 4.72 Å². The third-order valence-electron chi connectivity index (χ3n) is 4.03. The Bertz CT molecular complexity index is 798. The van der Waals surface area contributed by atoms with Crippen LogP contribution in [0.25, 0.3) is 0 Å². The van der Waals surface area contributed by atoms with E-state index in [2.05, 4.69) is 23.5 Å². The minimum atomic E-state index is -3.63. The molecule has 0 fully saturated rings. The molecule has 0 aromatic heterocycles. The van der Waals surface area contributed by atoms with Gasteiger partial charge < -0.3 is 9.64 Å². The first-order chi connectivity index (χ1) is 11.9. The van der Waals surface area contributed by atoms with E-state index in [1.165, 1.54) is 0 Å². The normalized spacial score (nSPS) is 11.2. The molecule has 0 spiro atoms. The molecule has 5 nitrogen and oxygen atoms in total. The lowest BCUT2D eigenvalue weighted by molar-refractivity contribution is 0.340. The molecule has 0 aliphatic rings. The number of anilines is 2. The highest BCUT2D eigenvalue weighted by Gasteiger charge is 2.16. The van der Waals surface area contributed by atoms with Crippen molar-refractivity contribution in [1.82, 2.24) is 0 Å². The van der Waals surface area contributed by atoms with Crippen LogP contribution in [0.1, 0.15) is 26.3 Å². The van der Waals surface area contributed by atoms with Gasteiger partial charge in [-0.25, -0.2) is 8.42 Å². The molecule has 25 heavy (non-hydrogen) atoms. The smallest absolute Gasteiger partial charge is 0.261 e. The fraction of sp³-hybridized carbons (Fsp3) is 0.368. The lowest BCUT2D eigenvalue weighted by Crippen LogP contribution is -2.22. The Hall–Kier alpha value is -2.21. The monoisotopic (exact) mass is 362 g/mol. The second-order valence-corrected chi connectivity index (χ2v) is 7.36. The highest BCUT2D eigenvalue weighted by molar-refractivity contribution is 7.92. The average Bonchev–Trinajstić information content (AvgIpc) is 2.59. The summed E-state index contributed by atoms with van der Waals surface area (Å²) in [5.74, 6) is 0.654. The lowest BCUT2D eigenvalue weighted by Gasteiger charge is -2.22. The average molecular weight is 362 g/mol. The Kier molecular flexibility index (Phi) is 6.31. The summed E-state index contributed by atoms with van der Waals surface area (Å²) in [6.07, 6.45) is 0. The zero-order chi connectivity index (χ0) is 18.4. The molecule has 2 aromatic rings. The molecule has 6 heteroatoms. The van der Waals surface area contributed by atoms with Gasteiger partial charge in [0, 0.05) is 18.8 Å². The number of aryl methyl sites for hydroxylation is 1. The van der Waals surface area contributed by atoms with Crippen LogP contribution in [0.2, 0.25) is 0 Å². The van der Waals surface area contributed by atoms with Gasteiger partial charge in [0.25, 0.3) is 10.0 Å². The summed E-state index contributed by atoms with van der Waals surface area (Å²) in [5.41, 5.74) is 2.57. The summed E-state index contributed by atoms with van der Waals surface area (Å²) in [6.45, 7) is 10.4. The first-order valence-electron chi connectivity index (χ1n) is 8.52. The highest BCUT2D eigenvalue weighted by atomic mass is 32.2. The first kappa shape index (κ1) is 19.1. The molecule has 0 unspecified atom stereocenters. The molecule has 2 aromatic carbocycles. The second-order valence-electron chi connectivity index (χ2n) is 5.68. The zero-order valence-electron chi connectivity index (χ0n) is 15.2. The summed E-state index contributed by atoms with van der Waals surface area (Å²) >= 11 is 0. The molecule has 136 valence electrons. The molecule has 0 atom stereocenters. The van der Waals surface area contributed by atoms with Crippen molar-refractivity contribution >= 4 is 21.4 Å². The van der Waals surface area contributed by atoms with E-state index >= 15 is 0 Å². The van der Waals surface area contributed by atoms with Crippen LogP contribution in [0.15, 0.2) is 47.4 Å². The van der Waals surface area contributed by atoms with E-state index in [0.717, 1.165) is 24.3 Å². The van der Waals surface area contributed by atoms with E-state index in [-0.39, 0.29) is 4.90 Å². The van der Waals surface area contributed by atoms with Crippen LogP contribution < -0.4 is 14.4 Å². The van der Waals surface area contributed by atoms with E-state index in [4.69, 9.17) is 4.74 Å². The number of nitrogens with one attached hydrogen (secondary N) is 1. The Labute approximate surface area is 150 Å². The van der Waals surface area contributed by atoms with Crippen molar-refractivity contribution < 1.29 is 13.2 Å². The number of sulfonamides is 1. The van der Waals surface area contributed by atoms with Crippen LogP contribution in [0, 0.1) is 6.92 Å². The molecular weight excluding hydrogens is 336 g/mol. The van der Waals surface area contributed by atoms with Crippen molar-refractivity contribution in [3.05, 3.63) is 48.0 Å². The molecule has 0 radical (unpaired) electrons. The van der Waals surface area contributed by atoms with Gasteiger partial charge in [-0.1, -0.05) is 0 Å². The summed E-state index contributed by atoms with van der Waals surface area (Å²) in [4.78, 5) is 2.43. The van der Waals surface area contributed by atoms with E-state index in [9.17, 15) is 8.42 Å². The Morgan fingerprint density at radius 3 is 2.16 bits per heavy atom. The van der Waals surface area contributed by atoms with Crippen LogP contribution in [0.4, 0.5) is 11.4 Å². The predicted molar refractivity (Wildman–Crippen MR) is 103 cm³/mol. The van der Waals surface area contributed by atoms with Crippen LogP contribution in [0.5, 0.6) is 5.75 Å².